The summed E-state index contributed by atoms with van der Waals surface area (Å²) < 4.78 is 0. The number of rotatable bonds is 3. The van der Waals surface area contributed by atoms with Crippen LogP contribution in [0, 0.1) is 0 Å². The van der Waals surface area contributed by atoms with Crippen LogP contribution < -0.4 is 0 Å². The first kappa shape index (κ1) is 15.6. The largest absolute Gasteiger partial charge is 0.342 e. The molecular weight excluding hydrogens is 322 g/mol. The van der Waals surface area contributed by atoms with E-state index in [1.165, 1.54) is 5.56 Å². The number of hydrogen-bond acceptors (Lipinski definition) is 2. The summed E-state index contributed by atoms with van der Waals surface area (Å²) in [7, 11) is 0. The average molecular weight is 345 g/mol. The summed E-state index contributed by atoms with van der Waals surface area (Å²) in [6.07, 6.45) is 3.94. The van der Waals surface area contributed by atoms with Gasteiger partial charge in [0.05, 0.1) is 16.4 Å². The lowest BCUT2D eigenvalue weighted by atomic mass is 9.91. The molecule has 4 heteroatoms. The molecule has 5 rings (SSSR count). The van der Waals surface area contributed by atoms with E-state index in [0.29, 0.717) is 11.8 Å². The van der Waals surface area contributed by atoms with E-state index >= 15 is 0 Å². The molecule has 0 radical (unpaired) electrons. The summed E-state index contributed by atoms with van der Waals surface area (Å²) in [6.45, 7) is 1.66. The van der Waals surface area contributed by atoms with Gasteiger partial charge in [0, 0.05) is 19.0 Å². The fourth-order valence-corrected chi connectivity index (χ4v) is 4.33. The molecule has 2 aliphatic rings. The summed E-state index contributed by atoms with van der Waals surface area (Å²) in [5.74, 6) is 1.81. The lowest BCUT2D eigenvalue weighted by Gasteiger charge is -2.34. The van der Waals surface area contributed by atoms with Crippen LogP contribution in [0.2, 0.25) is 0 Å². The highest BCUT2D eigenvalue weighted by molar-refractivity contribution is 5.91. The lowest BCUT2D eigenvalue weighted by Crippen LogP contribution is -2.43. The van der Waals surface area contributed by atoms with E-state index in [9.17, 15) is 4.79 Å². The van der Waals surface area contributed by atoms with Crippen LogP contribution in [0.15, 0.2) is 54.6 Å². The van der Waals surface area contributed by atoms with Gasteiger partial charge in [0.1, 0.15) is 5.82 Å². The topological polar surface area (TPSA) is 49.0 Å². The molecule has 0 spiro atoms. The van der Waals surface area contributed by atoms with Gasteiger partial charge in [-0.1, -0.05) is 42.5 Å². The molecule has 1 aliphatic heterocycles. The monoisotopic (exact) mass is 345 g/mol. The van der Waals surface area contributed by atoms with E-state index < -0.39 is 0 Å². The van der Waals surface area contributed by atoms with Gasteiger partial charge >= 0.3 is 0 Å². The van der Waals surface area contributed by atoms with E-state index in [0.717, 1.165) is 55.6 Å². The zero-order valence-corrected chi connectivity index (χ0v) is 14.8. The summed E-state index contributed by atoms with van der Waals surface area (Å²) >= 11 is 0. The quantitative estimate of drug-likeness (QED) is 0.780. The number of benzene rings is 2. The number of nitrogens with zero attached hydrogens (tertiary/aromatic N) is 2. The molecule has 1 amide bonds. The Morgan fingerprint density at radius 1 is 1.00 bits per heavy atom. The van der Waals surface area contributed by atoms with Crippen LogP contribution in [-0.2, 0) is 10.2 Å². The maximum absolute atomic E-state index is 13.2. The predicted octanol–water partition coefficient (Wildman–Crippen LogP) is 4.00. The van der Waals surface area contributed by atoms with Gasteiger partial charge in [-0.25, -0.2) is 4.98 Å². The molecule has 132 valence electrons. The Morgan fingerprint density at radius 3 is 2.38 bits per heavy atom. The number of H-pyrrole nitrogens is 1. The summed E-state index contributed by atoms with van der Waals surface area (Å²) in [5, 5.41) is 0. The fraction of sp³-hybridized carbons (Fsp3) is 0.364. The highest BCUT2D eigenvalue weighted by Crippen LogP contribution is 2.50. The molecule has 1 aliphatic carbocycles. The van der Waals surface area contributed by atoms with E-state index in [1.807, 2.05) is 36.4 Å². The molecule has 3 aromatic rings. The van der Waals surface area contributed by atoms with Crippen molar-refractivity contribution in [3.05, 3.63) is 66.0 Å². The third-order valence-electron chi connectivity index (χ3n) is 6.06. The average Bonchev–Trinajstić information content (AvgIpc) is 3.40. The third kappa shape index (κ3) is 2.52. The highest BCUT2D eigenvalue weighted by Gasteiger charge is 2.53. The number of aromatic amines is 1. The number of nitrogens with one attached hydrogen (secondary N) is 1. The third-order valence-corrected chi connectivity index (χ3v) is 6.06. The van der Waals surface area contributed by atoms with Crippen molar-refractivity contribution in [3.8, 4) is 0 Å². The number of likely N-dealkylation sites (tertiary alicyclic amines) is 1. The van der Waals surface area contributed by atoms with E-state index in [-0.39, 0.29) is 5.41 Å². The summed E-state index contributed by atoms with van der Waals surface area (Å²) in [6, 6.07) is 18.5. The second kappa shape index (κ2) is 5.97. The van der Waals surface area contributed by atoms with Crippen molar-refractivity contribution >= 4 is 16.9 Å². The van der Waals surface area contributed by atoms with Crippen LogP contribution in [0.1, 0.15) is 43.0 Å². The Hall–Kier alpha value is -2.62. The first-order chi connectivity index (χ1) is 12.8. The van der Waals surface area contributed by atoms with Gasteiger partial charge in [-0.3, -0.25) is 4.79 Å². The second-order valence-electron chi connectivity index (χ2n) is 7.65. The molecule has 4 nitrogen and oxygen atoms in total. The number of carbonyl (C=O) groups is 1. The summed E-state index contributed by atoms with van der Waals surface area (Å²) in [4.78, 5) is 23.5. The van der Waals surface area contributed by atoms with E-state index in [1.54, 1.807) is 0 Å². The Bertz CT molecular complexity index is 901. The molecule has 2 aromatic carbocycles. The Labute approximate surface area is 153 Å². The van der Waals surface area contributed by atoms with Crippen LogP contribution in [-0.4, -0.2) is 33.9 Å². The van der Waals surface area contributed by atoms with Gasteiger partial charge in [-0.05, 0) is 43.4 Å². The van der Waals surface area contributed by atoms with E-state index in [4.69, 9.17) is 4.98 Å². The van der Waals surface area contributed by atoms with Crippen LogP contribution >= 0.6 is 0 Å². The molecule has 1 saturated carbocycles. The molecule has 0 unspecified atom stereocenters. The number of aromatic nitrogens is 2. The molecular formula is C22H23N3O. The van der Waals surface area contributed by atoms with Crippen molar-refractivity contribution in [1.29, 1.82) is 0 Å². The number of carbonyl (C=O) groups excluding carboxylic acids is 1. The molecule has 26 heavy (non-hydrogen) atoms. The van der Waals surface area contributed by atoms with Crippen LogP contribution in [0.5, 0.6) is 0 Å². The van der Waals surface area contributed by atoms with E-state index in [2.05, 4.69) is 28.1 Å². The highest BCUT2D eigenvalue weighted by atomic mass is 16.2. The van der Waals surface area contributed by atoms with Crippen molar-refractivity contribution in [3.63, 3.8) is 0 Å². The number of imidazole rings is 1. The molecule has 0 atom stereocenters. The van der Waals surface area contributed by atoms with Gasteiger partial charge < -0.3 is 9.88 Å². The minimum absolute atomic E-state index is 0.243. The van der Waals surface area contributed by atoms with Crippen LogP contribution in [0.4, 0.5) is 0 Å². The molecule has 1 saturated heterocycles. The van der Waals surface area contributed by atoms with Crippen molar-refractivity contribution in [2.45, 2.75) is 37.0 Å². The van der Waals surface area contributed by atoms with Crippen molar-refractivity contribution in [2.24, 2.45) is 0 Å². The SMILES string of the molecule is O=C(N1CCC(c2nc3ccccc3[nH]2)CC1)C1(c2ccccc2)CC1. The van der Waals surface area contributed by atoms with Crippen molar-refractivity contribution in [2.75, 3.05) is 13.1 Å². The molecule has 1 aromatic heterocycles. The number of amides is 1. The fourth-order valence-electron chi connectivity index (χ4n) is 4.33. The number of piperidine rings is 1. The zero-order valence-electron chi connectivity index (χ0n) is 14.8. The van der Waals surface area contributed by atoms with Gasteiger partial charge in [0.2, 0.25) is 5.91 Å². The molecule has 2 heterocycles. The predicted molar refractivity (Wildman–Crippen MR) is 102 cm³/mol. The van der Waals surface area contributed by atoms with Crippen LogP contribution in [0.3, 0.4) is 0 Å². The van der Waals surface area contributed by atoms with Gasteiger partial charge in [-0.2, -0.15) is 0 Å². The number of hydrogen-bond donors (Lipinski definition) is 1. The Kier molecular flexibility index (Phi) is 3.59. The minimum Gasteiger partial charge on any atom is -0.342 e. The van der Waals surface area contributed by atoms with Gasteiger partial charge in [0.25, 0.3) is 0 Å². The normalized spacial score (nSPS) is 19.6. The maximum atomic E-state index is 13.2. The Balaban J connectivity index is 1.29. The second-order valence-corrected chi connectivity index (χ2v) is 7.65. The van der Waals surface area contributed by atoms with Crippen molar-refractivity contribution in [1.82, 2.24) is 14.9 Å². The molecule has 1 N–H and O–H groups in total. The first-order valence-electron chi connectivity index (χ1n) is 9.56. The first-order valence-corrected chi connectivity index (χ1v) is 9.56. The van der Waals surface area contributed by atoms with Crippen molar-refractivity contribution < 1.29 is 4.79 Å². The lowest BCUT2D eigenvalue weighted by molar-refractivity contribution is -0.135. The minimum atomic E-state index is -0.243. The number of fused-ring (bicyclic) bond motifs is 1. The summed E-state index contributed by atoms with van der Waals surface area (Å²) in [5.41, 5.74) is 3.07. The zero-order chi connectivity index (χ0) is 17.6. The Morgan fingerprint density at radius 2 is 1.69 bits per heavy atom. The number of para-hydroxylation sites is 2. The van der Waals surface area contributed by atoms with Gasteiger partial charge in [0.15, 0.2) is 0 Å². The molecule has 0 bridgehead atoms. The smallest absolute Gasteiger partial charge is 0.233 e. The standard InChI is InChI=1S/C22H23N3O/c26-21(22(12-13-22)17-6-2-1-3-7-17)25-14-10-16(11-15-25)20-23-18-8-4-5-9-19(18)24-20/h1-9,16H,10-15H2,(H,23,24). The molecule has 2 fully saturated rings. The van der Waals surface area contributed by atoms with Gasteiger partial charge in [-0.15, -0.1) is 0 Å². The van der Waals surface area contributed by atoms with Crippen LogP contribution in [0.25, 0.3) is 11.0 Å². The maximum Gasteiger partial charge on any atom is 0.233 e.